The van der Waals surface area contributed by atoms with Gasteiger partial charge in [0.25, 0.3) is 10.0 Å². The van der Waals surface area contributed by atoms with Crippen LogP contribution in [0.2, 0.25) is 0 Å². The van der Waals surface area contributed by atoms with Gasteiger partial charge in [-0.15, -0.1) is 11.3 Å². The molecule has 0 aromatic carbocycles. The van der Waals surface area contributed by atoms with E-state index in [9.17, 15) is 13.2 Å². The number of carboxylic acid groups (broad SMARTS) is 1. The first-order valence-corrected chi connectivity index (χ1v) is 7.33. The molecule has 0 saturated carbocycles. The molecule has 1 aliphatic rings. The van der Waals surface area contributed by atoms with E-state index in [0.29, 0.717) is 13.1 Å². The first-order valence-electron chi connectivity index (χ1n) is 5.01. The number of nitrogens with zero attached hydrogens (tertiary/aromatic N) is 1. The highest BCUT2D eigenvalue weighted by Gasteiger charge is 2.33. The molecular formula is C9H12N2O4S2. The largest absolute Gasteiger partial charge is 0.480 e. The molecule has 1 aromatic rings. The van der Waals surface area contributed by atoms with E-state index in [4.69, 9.17) is 5.11 Å². The Morgan fingerprint density at radius 1 is 1.59 bits per heavy atom. The van der Waals surface area contributed by atoms with Crippen molar-refractivity contribution in [2.75, 3.05) is 19.6 Å². The number of carboxylic acids is 1. The molecule has 94 valence electrons. The minimum Gasteiger partial charge on any atom is -0.480 e. The van der Waals surface area contributed by atoms with Crippen molar-refractivity contribution in [1.29, 1.82) is 0 Å². The van der Waals surface area contributed by atoms with Gasteiger partial charge in [0, 0.05) is 19.6 Å². The highest BCUT2D eigenvalue weighted by Crippen LogP contribution is 2.21. The van der Waals surface area contributed by atoms with Gasteiger partial charge in [0.1, 0.15) is 10.3 Å². The number of aliphatic carboxylic acids is 1. The SMILES string of the molecule is O=C(O)[C@H]1CN(S(=O)(=O)c2cccs2)CCN1. The van der Waals surface area contributed by atoms with Crippen molar-refractivity contribution < 1.29 is 18.3 Å². The van der Waals surface area contributed by atoms with Crippen molar-refractivity contribution in [3.8, 4) is 0 Å². The van der Waals surface area contributed by atoms with Gasteiger partial charge in [-0.25, -0.2) is 8.42 Å². The minimum atomic E-state index is -3.54. The summed E-state index contributed by atoms with van der Waals surface area (Å²) in [6.45, 7) is 0.612. The van der Waals surface area contributed by atoms with Gasteiger partial charge in [-0.2, -0.15) is 4.31 Å². The molecule has 17 heavy (non-hydrogen) atoms. The molecular weight excluding hydrogens is 264 g/mol. The summed E-state index contributed by atoms with van der Waals surface area (Å²) in [5.41, 5.74) is 0. The molecule has 0 radical (unpaired) electrons. The van der Waals surface area contributed by atoms with Crippen molar-refractivity contribution in [3.05, 3.63) is 17.5 Å². The normalized spacial score (nSPS) is 22.5. The maximum Gasteiger partial charge on any atom is 0.322 e. The van der Waals surface area contributed by atoms with Crippen LogP contribution in [0.1, 0.15) is 0 Å². The summed E-state index contributed by atoms with van der Waals surface area (Å²) in [5.74, 6) is -1.03. The van der Waals surface area contributed by atoms with Crippen LogP contribution in [0.5, 0.6) is 0 Å². The van der Waals surface area contributed by atoms with Gasteiger partial charge in [-0.3, -0.25) is 4.79 Å². The summed E-state index contributed by atoms with van der Waals surface area (Å²) >= 11 is 1.14. The zero-order chi connectivity index (χ0) is 12.5. The second-order valence-corrected chi connectivity index (χ2v) is 6.75. The number of sulfonamides is 1. The number of rotatable bonds is 3. The Labute approximate surface area is 103 Å². The molecule has 2 heterocycles. The summed E-state index contributed by atoms with van der Waals surface area (Å²) < 4.78 is 25.7. The number of hydrogen-bond donors (Lipinski definition) is 2. The fraction of sp³-hybridized carbons (Fsp3) is 0.444. The van der Waals surface area contributed by atoms with Gasteiger partial charge in [-0.05, 0) is 11.4 Å². The van der Waals surface area contributed by atoms with Crippen LogP contribution < -0.4 is 5.32 Å². The lowest BCUT2D eigenvalue weighted by molar-refractivity contribution is -0.140. The molecule has 0 spiro atoms. The van der Waals surface area contributed by atoms with Crippen LogP contribution in [-0.2, 0) is 14.8 Å². The maximum atomic E-state index is 12.1. The Kier molecular flexibility index (Phi) is 3.48. The van der Waals surface area contributed by atoms with E-state index in [2.05, 4.69) is 5.32 Å². The molecule has 0 unspecified atom stereocenters. The average molecular weight is 276 g/mol. The van der Waals surface area contributed by atoms with Crippen LogP contribution in [0.4, 0.5) is 0 Å². The number of nitrogens with one attached hydrogen (secondary N) is 1. The van der Waals surface area contributed by atoms with Gasteiger partial charge in [0.2, 0.25) is 0 Å². The Hall–Kier alpha value is -0.960. The Morgan fingerprint density at radius 2 is 2.35 bits per heavy atom. The van der Waals surface area contributed by atoms with Crippen LogP contribution in [0.25, 0.3) is 0 Å². The van der Waals surface area contributed by atoms with Gasteiger partial charge in [-0.1, -0.05) is 6.07 Å². The highest BCUT2D eigenvalue weighted by molar-refractivity contribution is 7.91. The molecule has 0 aliphatic carbocycles. The van der Waals surface area contributed by atoms with Gasteiger partial charge in [0.05, 0.1) is 0 Å². The Bertz CT molecular complexity index is 497. The molecule has 8 heteroatoms. The molecule has 1 aromatic heterocycles. The second kappa shape index (κ2) is 4.73. The number of hydrogen-bond acceptors (Lipinski definition) is 5. The first kappa shape index (κ1) is 12.5. The zero-order valence-electron chi connectivity index (χ0n) is 8.87. The summed E-state index contributed by atoms with van der Waals surface area (Å²) in [6.07, 6.45) is 0. The first-order chi connectivity index (χ1) is 8.01. The minimum absolute atomic E-state index is 0.0322. The number of thiophene rings is 1. The van der Waals surface area contributed by atoms with Crippen molar-refractivity contribution in [2.45, 2.75) is 10.3 Å². The molecule has 1 fully saturated rings. The third-order valence-corrected chi connectivity index (χ3v) is 5.76. The van der Waals surface area contributed by atoms with Crippen LogP contribution in [0.3, 0.4) is 0 Å². The molecule has 1 atom stereocenters. The van der Waals surface area contributed by atoms with Gasteiger partial charge in [0.15, 0.2) is 0 Å². The standard InChI is InChI=1S/C9H12N2O4S2/c12-9(13)7-6-11(4-3-10-7)17(14,15)8-2-1-5-16-8/h1-2,5,7,10H,3-4,6H2,(H,12,13)/t7-/m1/s1. The lowest BCUT2D eigenvalue weighted by Gasteiger charge is -2.30. The summed E-state index contributed by atoms with van der Waals surface area (Å²) in [7, 11) is -3.54. The monoisotopic (exact) mass is 276 g/mol. The molecule has 1 saturated heterocycles. The third-order valence-electron chi connectivity index (χ3n) is 2.53. The van der Waals surface area contributed by atoms with E-state index < -0.39 is 22.0 Å². The van der Waals surface area contributed by atoms with Gasteiger partial charge >= 0.3 is 5.97 Å². The summed E-state index contributed by atoms with van der Waals surface area (Å²) in [5, 5.41) is 13.3. The van der Waals surface area contributed by atoms with E-state index in [1.54, 1.807) is 11.4 Å². The smallest absolute Gasteiger partial charge is 0.322 e. The highest BCUT2D eigenvalue weighted by atomic mass is 32.2. The Morgan fingerprint density at radius 3 is 2.94 bits per heavy atom. The van der Waals surface area contributed by atoms with E-state index in [1.807, 2.05) is 0 Å². The number of carbonyl (C=O) groups is 1. The van der Waals surface area contributed by atoms with Crippen LogP contribution in [-0.4, -0.2) is 49.5 Å². The topological polar surface area (TPSA) is 86.7 Å². The fourth-order valence-electron chi connectivity index (χ4n) is 1.64. The second-order valence-electron chi connectivity index (χ2n) is 3.64. The van der Waals surface area contributed by atoms with Crippen LogP contribution in [0, 0.1) is 0 Å². The van der Waals surface area contributed by atoms with Gasteiger partial charge < -0.3 is 10.4 Å². The van der Waals surface area contributed by atoms with Crippen molar-refractivity contribution >= 4 is 27.3 Å². The average Bonchev–Trinajstić information content (AvgIpc) is 2.83. The predicted molar refractivity (Wildman–Crippen MR) is 62.5 cm³/mol. The lowest BCUT2D eigenvalue weighted by Crippen LogP contribution is -2.55. The Balaban J connectivity index is 2.20. The van der Waals surface area contributed by atoms with E-state index in [1.165, 1.54) is 10.4 Å². The van der Waals surface area contributed by atoms with E-state index >= 15 is 0 Å². The molecule has 6 nitrogen and oxygen atoms in total. The molecule has 1 aliphatic heterocycles. The molecule has 0 bridgehead atoms. The quantitative estimate of drug-likeness (QED) is 0.798. The fourth-order valence-corrected chi connectivity index (χ4v) is 4.24. The predicted octanol–water partition coefficient (Wildman–Crippen LogP) is -0.205. The third kappa shape index (κ3) is 2.49. The molecule has 2 N–H and O–H groups in total. The lowest BCUT2D eigenvalue weighted by atomic mass is 10.2. The van der Waals surface area contributed by atoms with E-state index in [0.717, 1.165) is 11.3 Å². The number of piperazine rings is 1. The zero-order valence-corrected chi connectivity index (χ0v) is 10.5. The maximum absolute atomic E-state index is 12.1. The van der Waals surface area contributed by atoms with E-state index in [-0.39, 0.29) is 10.8 Å². The summed E-state index contributed by atoms with van der Waals surface area (Å²) in [4.78, 5) is 10.8. The van der Waals surface area contributed by atoms with Crippen LogP contribution in [0.15, 0.2) is 21.7 Å². The van der Waals surface area contributed by atoms with Crippen molar-refractivity contribution in [3.63, 3.8) is 0 Å². The summed E-state index contributed by atoms with van der Waals surface area (Å²) in [6, 6.07) is 2.35. The molecule has 2 rings (SSSR count). The van der Waals surface area contributed by atoms with Crippen molar-refractivity contribution in [1.82, 2.24) is 9.62 Å². The molecule has 0 amide bonds. The van der Waals surface area contributed by atoms with Crippen LogP contribution >= 0.6 is 11.3 Å². The van der Waals surface area contributed by atoms with Crippen molar-refractivity contribution in [2.24, 2.45) is 0 Å².